The number of Topliss-reactive ketones (excluding diaryl/α,β-unsaturated/α-hetero) is 1. The summed E-state index contributed by atoms with van der Waals surface area (Å²) in [5, 5.41) is 12.9. The van der Waals surface area contributed by atoms with Crippen LogP contribution in [-0.4, -0.2) is 30.5 Å². The Hall–Kier alpha value is -1.42. The fourth-order valence-electron chi connectivity index (χ4n) is 13.2. The van der Waals surface area contributed by atoms with Gasteiger partial charge in [-0.1, -0.05) is 59.3 Å². The maximum Gasteiger partial charge on any atom is 0.306 e. The van der Waals surface area contributed by atoms with E-state index in [-0.39, 0.29) is 17.3 Å². The van der Waals surface area contributed by atoms with Crippen molar-refractivity contribution in [1.29, 1.82) is 0 Å². The largest absolute Gasteiger partial charge is 0.481 e. The van der Waals surface area contributed by atoms with Gasteiger partial charge in [-0.2, -0.15) is 0 Å². The SMILES string of the molecule is C=C(CC1CCC2(C)C(CCC3(C)C4CCC5(CCNC)CC(=O)C(C(C)C)=C5C4CCC32)C1C)C1CC(C(=O)O)C1C. The lowest BCUT2D eigenvalue weighted by Gasteiger charge is -2.67. The van der Waals surface area contributed by atoms with Crippen LogP contribution in [0.2, 0.25) is 0 Å². The second-order valence-corrected chi connectivity index (χ2v) is 17.4. The van der Waals surface area contributed by atoms with Crippen molar-refractivity contribution in [2.75, 3.05) is 13.6 Å². The van der Waals surface area contributed by atoms with Gasteiger partial charge in [-0.3, -0.25) is 9.59 Å². The van der Waals surface area contributed by atoms with Gasteiger partial charge in [0.1, 0.15) is 0 Å². The molecule has 240 valence electrons. The number of ketones is 1. The van der Waals surface area contributed by atoms with Gasteiger partial charge in [0, 0.05) is 11.8 Å². The van der Waals surface area contributed by atoms with E-state index < -0.39 is 5.97 Å². The molecule has 0 aromatic heterocycles. The molecular weight excluding hydrogens is 530 g/mol. The Morgan fingerprint density at radius 1 is 0.977 bits per heavy atom. The summed E-state index contributed by atoms with van der Waals surface area (Å²) in [5.41, 5.74) is 5.08. The molecule has 0 spiro atoms. The molecule has 4 heteroatoms. The average Bonchev–Trinajstić information content (AvgIpc) is 3.24. The highest BCUT2D eigenvalue weighted by Crippen LogP contribution is 2.72. The fraction of sp³-hybridized carbons (Fsp3) is 0.846. The third kappa shape index (κ3) is 4.68. The lowest BCUT2D eigenvalue weighted by molar-refractivity contribution is -0.170. The molecule has 6 aliphatic rings. The van der Waals surface area contributed by atoms with Crippen molar-refractivity contribution in [3.63, 3.8) is 0 Å². The zero-order valence-electron chi connectivity index (χ0n) is 28.4. The summed E-state index contributed by atoms with van der Waals surface area (Å²) in [6.07, 6.45) is 14.2. The number of aliphatic carboxylic acids is 1. The smallest absolute Gasteiger partial charge is 0.306 e. The number of carbonyl (C=O) groups excluding carboxylic acids is 1. The van der Waals surface area contributed by atoms with Gasteiger partial charge in [0.2, 0.25) is 0 Å². The Morgan fingerprint density at radius 2 is 1.65 bits per heavy atom. The highest BCUT2D eigenvalue weighted by Gasteiger charge is 2.64. The topological polar surface area (TPSA) is 66.4 Å². The van der Waals surface area contributed by atoms with Crippen molar-refractivity contribution >= 4 is 11.8 Å². The molecule has 2 N–H and O–H groups in total. The molecular formula is C39H61NO3. The van der Waals surface area contributed by atoms with Crippen LogP contribution in [0.4, 0.5) is 0 Å². The van der Waals surface area contributed by atoms with Gasteiger partial charge in [-0.25, -0.2) is 0 Å². The van der Waals surface area contributed by atoms with Gasteiger partial charge in [0.05, 0.1) is 5.92 Å². The van der Waals surface area contributed by atoms with Crippen LogP contribution in [0.3, 0.4) is 0 Å². The second-order valence-electron chi connectivity index (χ2n) is 17.4. The lowest BCUT2D eigenvalue weighted by Crippen LogP contribution is -2.60. The zero-order chi connectivity index (χ0) is 31.1. The minimum Gasteiger partial charge on any atom is -0.481 e. The normalized spacial score (nSPS) is 47.3. The van der Waals surface area contributed by atoms with Crippen LogP contribution >= 0.6 is 0 Å². The Kier molecular flexibility index (Phi) is 8.17. The molecule has 12 atom stereocenters. The summed E-state index contributed by atoms with van der Waals surface area (Å²) in [4.78, 5) is 25.1. The number of hydrogen-bond acceptors (Lipinski definition) is 3. The van der Waals surface area contributed by atoms with Gasteiger partial charge < -0.3 is 10.4 Å². The molecule has 4 nitrogen and oxygen atoms in total. The summed E-state index contributed by atoms with van der Waals surface area (Å²) >= 11 is 0. The molecule has 0 amide bonds. The molecule has 0 aromatic rings. The Morgan fingerprint density at radius 3 is 2.30 bits per heavy atom. The first-order valence-corrected chi connectivity index (χ1v) is 18.1. The molecule has 5 fully saturated rings. The molecule has 12 unspecified atom stereocenters. The van der Waals surface area contributed by atoms with Crippen LogP contribution in [-0.2, 0) is 9.59 Å². The summed E-state index contributed by atoms with van der Waals surface area (Å²) in [6.45, 7) is 20.1. The minimum absolute atomic E-state index is 0.114. The molecule has 43 heavy (non-hydrogen) atoms. The number of hydrogen-bond donors (Lipinski definition) is 2. The quantitative estimate of drug-likeness (QED) is 0.277. The van der Waals surface area contributed by atoms with Crippen molar-refractivity contribution in [3.05, 3.63) is 23.3 Å². The standard InChI is InChI=1S/C39H61NO3/c1-22(2)34-32(41)21-39(17-18-40-8)16-13-31-27(35(34)39)9-10-33-37(6)14-11-26(24(4)30(37)12-15-38(31,33)7)19-23(3)28-20-29(25(28)5)36(42)43/h22,24-31,33,40H,3,9-21H2,1-2,4-8H3,(H,42,43). The summed E-state index contributed by atoms with van der Waals surface area (Å²) < 4.78 is 0. The van der Waals surface area contributed by atoms with Crippen molar-refractivity contribution in [2.24, 2.45) is 75.4 Å². The Balaban J connectivity index is 1.21. The Bertz CT molecular complexity index is 1180. The first-order chi connectivity index (χ1) is 20.3. The van der Waals surface area contributed by atoms with E-state index in [4.69, 9.17) is 0 Å². The van der Waals surface area contributed by atoms with E-state index in [0.717, 1.165) is 50.0 Å². The van der Waals surface area contributed by atoms with Crippen molar-refractivity contribution < 1.29 is 14.7 Å². The lowest BCUT2D eigenvalue weighted by atomic mass is 9.37. The van der Waals surface area contributed by atoms with E-state index in [1.165, 1.54) is 62.5 Å². The number of rotatable bonds is 8. The van der Waals surface area contributed by atoms with Gasteiger partial charge in [0.25, 0.3) is 0 Å². The van der Waals surface area contributed by atoms with Gasteiger partial charge >= 0.3 is 5.97 Å². The number of fused-ring (bicyclic) bond motifs is 7. The van der Waals surface area contributed by atoms with Crippen LogP contribution < -0.4 is 5.32 Å². The number of allylic oxidation sites excluding steroid dienone is 3. The molecule has 0 aliphatic heterocycles. The van der Waals surface area contributed by atoms with Gasteiger partial charge in [-0.15, -0.1) is 0 Å². The first-order valence-electron chi connectivity index (χ1n) is 18.1. The monoisotopic (exact) mass is 591 g/mol. The van der Waals surface area contributed by atoms with Crippen molar-refractivity contribution in [2.45, 2.75) is 119 Å². The third-order valence-corrected chi connectivity index (χ3v) is 15.5. The van der Waals surface area contributed by atoms with Gasteiger partial charge in [-0.05, 0) is 154 Å². The van der Waals surface area contributed by atoms with Crippen LogP contribution in [0.1, 0.15) is 119 Å². The maximum absolute atomic E-state index is 13.6. The fourth-order valence-corrected chi connectivity index (χ4v) is 13.2. The predicted octanol–water partition coefficient (Wildman–Crippen LogP) is 8.72. The van der Waals surface area contributed by atoms with Crippen LogP contribution in [0.5, 0.6) is 0 Å². The highest BCUT2D eigenvalue weighted by atomic mass is 16.4. The van der Waals surface area contributed by atoms with E-state index in [0.29, 0.717) is 46.2 Å². The molecule has 6 aliphatic carbocycles. The summed E-state index contributed by atoms with van der Waals surface area (Å²) in [7, 11) is 2.06. The summed E-state index contributed by atoms with van der Waals surface area (Å²) in [5.74, 6) is 4.88. The molecule has 0 bridgehead atoms. The first kappa shape index (κ1) is 31.6. The van der Waals surface area contributed by atoms with Crippen LogP contribution in [0.25, 0.3) is 0 Å². The Labute approximate surface area is 262 Å². The minimum atomic E-state index is -0.629. The molecule has 0 radical (unpaired) electrons. The van der Waals surface area contributed by atoms with Crippen LogP contribution in [0, 0.1) is 75.4 Å². The number of carbonyl (C=O) groups is 2. The van der Waals surface area contributed by atoms with E-state index in [2.05, 4.69) is 60.5 Å². The third-order valence-electron chi connectivity index (χ3n) is 15.5. The predicted molar refractivity (Wildman–Crippen MR) is 174 cm³/mol. The maximum atomic E-state index is 13.6. The molecule has 0 aromatic carbocycles. The van der Waals surface area contributed by atoms with Crippen molar-refractivity contribution in [3.8, 4) is 0 Å². The van der Waals surface area contributed by atoms with Gasteiger partial charge in [0.15, 0.2) is 5.78 Å². The molecule has 6 rings (SSSR count). The highest BCUT2D eigenvalue weighted by molar-refractivity contribution is 6.00. The number of carboxylic acid groups (broad SMARTS) is 1. The molecule has 5 saturated carbocycles. The second kappa shape index (κ2) is 11.1. The number of carboxylic acids is 1. The van der Waals surface area contributed by atoms with Crippen molar-refractivity contribution in [1.82, 2.24) is 5.32 Å². The van der Waals surface area contributed by atoms with E-state index in [9.17, 15) is 14.7 Å². The zero-order valence-corrected chi connectivity index (χ0v) is 28.4. The van der Waals surface area contributed by atoms with E-state index in [1.807, 2.05) is 0 Å². The number of nitrogens with one attached hydrogen (secondary N) is 1. The molecule has 0 heterocycles. The van der Waals surface area contributed by atoms with E-state index in [1.54, 1.807) is 5.57 Å². The summed E-state index contributed by atoms with van der Waals surface area (Å²) in [6, 6.07) is 0. The average molecular weight is 592 g/mol. The van der Waals surface area contributed by atoms with Crippen LogP contribution in [0.15, 0.2) is 23.3 Å². The van der Waals surface area contributed by atoms with E-state index >= 15 is 0 Å². The molecule has 0 saturated heterocycles.